The first-order chi connectivity index (χ1) is 13.7. The quantitative estimate of drug-likeness (QED) is 0.270. The van der Waals surface area contributed by atoms with E-state index in [4.69, 9.17) is 9.47 Å². The molecule has 10 nitrogen and oxygen atoms in total. The lowest BCUT2D eigenvalue weighted by Crippen LogP contribution is -2.33. The molecule has 11 heteroatoms. The van der Waals surface area contributed by atoms with Crippen LogP contribution in [0.4, 0.5) is 11.5 Å². The van der Waals surface area contributed by atoms with Crippen LogP contribution >= 0.6 is 0 Å². The van der Waals surface area contributed by atoms with E-state index in [9.17, 15) is 10.1 Å². The van der Waals surface area contributed by atoms with Gasteiger partial charge in [0.2, 0.25) is 5.82 Å². The van der Waals surface area contributed by atoms with Gasteiger partial charge in [-0.1, -0.05) is 19.6 Å². The predicted molar refractivity (Wildman–Crippen MR) is 112 cm³/mol. The van der Waals surface area contributed by atoms with Crippen LogP contribution in [0.15, 0.2) is 12.3 Å². The summed E-state index contributed by atoms with van der Waals surface area (Å²) < 4.78 is 13.0. The fourth-order valence-corrected chi connectivity index (χ4v) is 3.55. The van der Waals surface area contributed by atoms with Crippen LogP contribution in [0.3, 0.4) is 0 Å². The van der Waals surface area contributed by atoms with Gasteiger partial charge >= 0.3 is 5.69 Å². The summed E-state index contributed by atoms with van der Waals surface area (Å²) in [5, 5.41) is 22.9. The second kappa shape index (κ2) is 8.97. The lowest BCUT2D eigenvalue weighted by Gasteiger charge is -2.26. The van der Waals surface area contributed by atoms with E-state index in [1.807, 2.05) is 6.92 Å². The monoisotopic (exact) mass is 420 g/mol. The van der Waals surface area contributed by atoms with Gasteiger partial charge in [0.15, 0.2) is 5.82 Å². The molecule has 0 spiro atoms. The lowest BCUT2D eigenvalue weighted by atomic mass is 10.2. The third-order valence-electron chi connectivity index (χ3n) is 4.77. The van der Waals surface area contributed by atoms with Crippen LogP contribution in [0, 0.1) is 17.0 Å². The summed E-state index contributed by atoms with van der Waals surface area (Å²) in [6, 6.07) is 2.53. The van der Waals surface area contributed by atoms with Crippen molar-refractivity contribution in [3.63, 3.8) is 0 Å². The first kappa shape index (κ1) is 21.3. The van der Waals surface area contributed by atoms with E-state index in [0.717, 1.165) is 19.1 Å². The zero-order valence-corrected chi connectivity index (χ0v) is 18.3. The molecule has 158 valence electrons. The van der Waals surface area contributed by atoms with Gasteiger partial charge in [0, 0.05) is 45.7 Å². The van der Waals surface area contributed by atoms with Gasteiger partial charge in [0.05, 0.1) is 11.0 Å². The molecule has 1 N–H and O–H groups in total. The molecule has 0 aromatic carbocycles. The Kier molecular flexibility index (Phi) is 6.60. The Bertz CT molecular complexity index is 863. The van der Waals surface area contributed by atoms with E-state index in [-0.39, 0.29) is 17.6 Å². The van der Waals surface area contributed by atoms with Crippen LogP contribution in [0.1, 0.15) is 12.2 Å². The van der Waals surface area contributed by atoms with Gasteiger partial charge in [-0.25, -0.2) is 4.98 Å². The van der Waals surface area contributed by atoms with Gasteiger partial charge in [-0.05, 0) is 19.4 Å². The smallest absolute Gasteiger partial charge is 0.312 e. The summed E-state index contributed by atoms with van der Waals surface area (Å²) in [5.41, 5.74) is 0.421. The van der Waals surface area contributed by atoms with Gasteiger partial charge in [0.1, 0.15) is 12.6 Å². The van der Waals surface area contributed by atoms with Crippen LogP contribution in [-0.4, -0.2) is 58.6 Å². The number of hydrogen-bond acceptors (Lipinski definition) is 8. The summed E-state index contributed by atoms with van der Waals surface area (Å²) in [6.07, 6.45) is 2.59. The molecule has 0 bridgehead atoms. The molecule has 1 saturated heterocycles. The average molecular weight is 421 g/mol. The zero-order chi connectivity index (χ0) is 21.0. The maximum Gasteiger partial charge on any atom is 0.312 e. The highest BCUT2D eigenvalue weighted by Gasteiger charge is 2.23. The van der Waals surface area contributed by atoms with Crippen molar-refractivity contribution < 1.29 is 14.4 Å². The van der Waals surface area contributed by atoms with Crippen molar-refractivity contribution in [3.05, 3.63) is 28.2 Å². The number of ether oxygens (including phenoxy) is 2. The molecule has 0 aliphatic carbocycles. The number of hydrogen-bond donors (Lipinski definition) is 1. The van der Waals surface area contributed by atoms with Gasteiger partial charge < -0.3 is 14.8 Å². The van der Waals surface area contributed by atoms with Gasteiger partial charge in [0.25, 0.3) is 0 Å². The highest BCUT2D eigenvalue weighted by atomic mass is 28.3. The second-order valence-corrected chi connectivity index (χ2v) is 14.0. The van der Waals surface area contributed by atoms with E-state index in [0.29, 0.717) is 37.1 Å². The third-order valence-corrected chi connectivity index (χ3v) is 6.47. The van der Waals surface area contributed by atoms with Crippen LogP contribution in [0.25, 0.3) is 11.4 Å². The molecule has 0 radical (unpaired) electrons. The summed E-state index contributed by atoms with van der Waals surface area (Å²) in [6.45, 7) is 10.9. The SMILES string of the molecule is Cc1nnc(-c2cnc(NCC3CCO3)c([N+](=O)[O-])c2)n1COCC[Si](C)(C)C. The first-order valence-corrected chi connectivity index (χ1v) is 13.4. The van der Waals surface area contributed by atoms with Crippen molar-refractivity contribution in [1.29, 1.82) is 0 Å². The number of aryl methyl sites for hydroxylation is 1. The van der Waals surface area contributed by atoms with Crippen molar-refractivity contribution in [2.24, 2.45) is 0 Å². The minimum atomic E-state index is -1.18. The molecule has 3 rings (SSSR count). The molecule has 0 amide bonds. The molecule has 1 atom stereocenters. The van der Waals surface area contributed by atoms with E-state index in [1.165, 1.54) is 6.07 Å². The average Bonchev–Trinajstić information content (AvgIpc) is 2.97. The molecule has 1 aliphatic heterocycles. The fourth-order valence-electron chi connectivity index (χ4n) is 2.79. The van der Waals surface area contributed by atoms with E-state index in [2.05, 4.69) is 40.1 Å². The topological polar surface area (TPSA) is 117 Å². The summed E-state index contributed by atoms with van der Waals surface area (Å²) in [5.74, 6) is 1.41. The second-order valence-electron chi connectivity index (χ2n) is 8.36. The van der Waals surface area contributed by atoms with Crippen molar-refractivity contribution in [1.82, 2.24) is 19.7 Å². The zero-order valence-electron chi connectivity index (χ0n) is 17.3. The lowest BCUT2D eigenvalue weighted by molar-refractivity contribution is -0.384. The fraction of sp³-hybridized carbons (Fsp3) is 0.611. The highest BCUT2D eigenvalue weighted by Crippen LogP contribution is 2.28. The molecule has 0 saturated carbocycles. The molecule has 1 unspecified atom stereocenters. The Morgan fingerprint density at radius 3 is 2.79 bits per heavy atom. The number of anilines is 1. The Morgan fingerprint density at radius 2 is 2.17 bits per heavy atom. The van der Waals surface area contributed by atoms with Gasteiger partial charge in [-0.3, -0.25) is 14.7 Å². The van der Waals surface area contributed by atoms with E-state index < -0.39 is 13.0 Å². The number of nitrogens with zero attached hydrogens (tertiary/aromatic N) is 5. The maximum atomic E-state index is 11.6. The molecule has 3 heterocycles. The molecule has 1 aliphatic rings. The molecular formula is C18H28N6O4Si. The van der Waals surface area contributed by atoms with E-state index in [1.54, 1.807) is 10.8 Å². The van der Waals surface area contributed by atoms with Crippen molar-refractivity contribution in [3.8, 4) is 11.4 Å². The Morgan fingerprint density at radius 1 is 1.41 bits per heavy atom. The minimum absolute atomic E-state index is 0.0788. The molecular weight excluding hydrogens is 392 g/mol. The van der Waals surface area contributed by atoms with Gasteiger partial charge in [-0.2, -0.15) is 0 Å². The Labute approximate surface area is 170 Å². The number of nitrogens with one attached hydrogen (secondary N) is 1. The molecule has 29 heavy (non-hydrogen) atoms. The predicted octanol–water partition coefficient (Wildman–Crippen LogP) is 3.07. The van der Waals surface area contributed by atoms with Crippen molar-refractivity contribution >= 4 is 19.6 Å². The van der Waals surface area contributed by atoms with Crippen LogP contribution in [0.5, 0.6) is 0 Å². The summed E-state index contributed by atoms with van der Waals surface area (Å²) in [7, 11) is -1.18. The number of aromatic nitrogens is 4. The molecule has 1 fully saturated rings. The minimum Gasteiger partial charge on any atom is -0.376 e. The summed E-state index contributed by atoms with van der Waals surface area (Å²) >= 11 is 0. The molecule has 2 aromatic heterocycles. The van der Waals surface area contributed by atoms with Crippen molar-refractivity contribution in [2.75, 3.05) is 25.1 Å². The maximum absolute atomic E-state index is 11.6. The standard InChI is InChI=1S/C18H28N6O4Si/c1-13-21-22-18(23(13)12-27-7-8-29(2,3)4)14-9-16(24(25)26)17(19-10-14)20-11-15-5-6-28-15/h9-10,15H,5-8,11-12H2,1-4H3,(H,19,20). The van der Waals surface area contributed by atoms with Crippen LogP contribution < -0.4 is 5.32 Å². The number of rotatable bonds is 10. The largest absolute Gasteiger partial charge is 0.376 e. The Balaban J connectivity index is 1.75. The Hall–Kier alpha value is -2.37. The van der Waals surface area contributed by atoms with Crippen LogP contribution in [0.2, 0.25) is 25.7 Å². The van der Waals surface area contributed by atoms with Crippen LogP contribution in [-0.2, 0) is 16.2 Å². The molecule has 2 aromatic rings. The highest BCUT2D eigenvalue weighted by molar-refractivity contribution is 6.76. The normalized spacial score (nSPS) is 16.5. The summed E-state index contributed by atoms with van der Waals surface area (Å²) in [4.78, 5) is 15.4. The van der Waals surface area contributed by atoms with E-state index >= 15 is 0 Å². The third kappa shape index (κ3) is 5.58. The number of nitro groups is 1. The van der Waals surface area contributed by atoms with Crippen molar-refractivity contribution in [2.45, 2.75) is 51.9 Å². The number of pyridine rings is 1. The van der Waals surface area contributed by atoms with Gasteiger partial charge in [-0.15, -0.1) is 10.2 Å². The first-order valence-electron chi connectivity index (χ1n) is 9.72.